The number of hydrogen-bond donors (Lipinski definition) is 0. The second-order valence-corrected chi connectivity index (χ2v) is 7.02. The van der Waals surface area contributed by atoms with E-state index in [2.05, 4.69) is 59.4 Å². The van der Waals surface area contributed by atoms with Gasteiger partial charge in [0.15, 0.2) is 0 Å². The molecule has 159 valence electrons. The van der Waals surface area contributed by atoms with Gasteiger partial charge in [0.25, 0.3) is 0 Å². The van der Waals surface area contributed by atoms with Crippen molar-refractivity contribution in [1.29, 1.82) is 0 Å². The predicted octanol–water partition coefficient (Wildman–Crippen LogP) is 7.07. The van der Waals surface area contributed by atoms with Crippen LogP contribution in [0.1, 0.15) is 5.56 Å². The van der Waals surface area contributed by atoms with Crippen molar-refractivity contribution in [2.75, 3.05) is 0 Å². The molecule has 0 bridgehead atoms. The summed E-state index contributed by atoms with van der Waals surface area (Å²) in [6.45, 7) is 2.08. The smallest absolute Gasteiger partial charge is 0.0239 e. The molecule has 0 spiro atoms. The van der Waals surface area contributed by atoms with Gasteiger partial charge in [-0.15, -0.1) is 71.3 Å². The number of nitrogens with zero attached hydrogens (tertiary/aromatic N) is 2. The summed E-state index contributed by atoms with van der Waals surface area (Å²) in [6.07, 6.45) is 3.71. The van der Waals surface area contributed by atoms with Crippen molar-refractivity contribution in [3.8, 4) is 33.6 Å². The second kappa shape index (κ2) is 11.9. The van der Waals surface area contributed by atoms with E-state index in [0.29, 0.717) is 0 Å². The van der Waals surface area contributed by atoms with Crippen molar-refractivity contribution in [2.24, 2.45) is 0 Å². The Bertz CT molecular complexity index is 1170. The van der Waals surface area contributed by atoms with Crippen molar-refractivity contribution in [1.82, 2.24) is 9.97 Å². The molecule has 1 radical (unpaired) electrons. The summed E-state index contributed by atoms with van der Waals surface area (Å²) in [7, 11) is 0. The molecule has 0 atom stereocenters. The van der Waals surface area contributed by atoms with Crippen molar-refractivity contribution in [3.63, 3.8) is 0 Å². The number of hydrogen-bond acceptors (Lipinski definition) is 2. The van der Waals surface area contributed by atoms with Crippen molar-refractivity contribution >= 4 is 0 Å². The monoisotopic (exact) mass is 591 g/mol. The van der Waals surface area contributed by atoms with Crippen LogP contribution in [0.2, 0.25) is 0 Å². The van der Waals surface area contributed by atoms with E-state index in [9.17, 15) is 0 Å². The van der Waals surface area contributed by atoms with Gasteiger partial charge in [-0.25, -0.2) is 0 Å². The Morgan fingerprint density at radius 1 is 0.594 bits per heavy atom. The van der Waals surface area contributed by atoms with E-state index < -0.39 is 0 Å². The standard InChI is InChI=1S/C18H14N.C11H8N.Ir/c1-14-7-5-6-10-17(14)18-12-11-16(13-19-18)15-8-3-2-4-9-15;1-2-6-10(7-3-1)11-8-4-5-9-12-11;/h2-9,11-13H,1H3;1-6,8-9H;/q2*-1;. The van der Waals surface area contributed by atoms with Crippen LogP contribution in [-0.2, 0) is 20.1 Å². The number of rotatable bonds is 3. The molecular formula is C29H22IrN2-2. The van der Waals surface area contributed by atoms with Gasteiger partial charge in [-0.3, -0.25) is 0 Å². The summed E-state index contributed by atoms with van der Waals surface area (Å²) in [5.74, 6) is 0. The Hall–Kier alpha value is -3.39. The average molecular weight is 591 g/mol. The van der Waals surface area contributed by atoms with Gasteiger partial charge in [0.05, 0.1) is 0 Å². The summed E-state index contributed by atoms with van der Waals surface area (Å²) < 4.78 is 0. The molecule has 5 rings (SSSR count). The molecule has 0 amide bonds. The zero-order valence-corrected chi connectivity index (χ0v) is 20.1. The molecule has 3 heteroatoms. The minimum Gasteiger partial charge on any atom is -0.305 e. The largest absolute Gasteiger partial charge is 0.305 e. The minimum atomic E-state index is 0. The van der Waals surface area contributed by atoms with E-state index in [1.165, 1.54) is 11.1 Å². The molecule has 2 heterocycles. The summed E-state index contributed by atoms with van der Waals surface area (Å²) in [5, 5.41) is 0. The molecule has 0 fully saturated rings. The van der Waals surface area contributed by atoms with E-state index in [1.807, 2.05) is 79.0 Å². The van der Waals surface area contributed by atoms with E-state index >= 15 is 0 Å². The topological polar surface area (TPSA) is 25.8 Å². The Morgan fingerprint density at radius 2 is 1.38 bits per heavy atom. The third-order valence-corrected chi connectivity index (χ3v) is 4.84. The number of aryl methyl sites for hydroxylation is 1. The molecule has 2 aromatic heterocycles. The van der Waals surface area contributed by atoms with Gasteiger partial charge in [0.1, 0.15) is 0 Å². The Labute approximate surface area is 203 Å². The number of pyridine rings is 2. The predicted molar refractivity (Wildman–Crippen MR) is 127 cm³/mol. The fourth-order valence-electron chi connectivity index (χ4n) is 3.21. The first-order chi connectivity index (χ1) is 15.3. The second-order valence-electron chi connectivity index (χ2n) is 7.02. The first kappa shape index (κ1) is 23.3. The van der Waals surface area contributed by atoms with E-state index in [-0.39, 0.29) is 20.1 Å². The van der Waals surface area contributed by atoms with Crippen LogP contribution in [0.4, 0.5) is 0 Å². The molecule has 0 aliphatic heterocycles. The zero-order valence-electron chi connectivity index (χ0n) is 17.7. The van der Waals surface area contributed by atoms with Gasteiger partial charge < -0.3 is 9.97 Å². The van der Waals surface area contributed by atoms with Crippen LogP contribution in [0.5, 0.6) is 0 Å². The molecule has 0 saturated heterocycles. The van der Waals surface area contributed by atoms with Gasteiger partial charge in [0, 0.05) is 32.5 Å². The summed E-state index contributed by atoms with van der Waals surface area (Å²) in [4.78, 5) is 8.77. The first-order valence-corrected chi connectivity index (χ1v) is 10.2. The molecule has 0 aliphatic carbocycles. The Morgan fingerprint density at radius 3 is 2.03 bits per heavy atom. The molecule has 0 aliphatic rings. The SMILES string of the molecule is Cc1ccc[c-]c1-c1ccc(-c2ccccc2)cn1.[Ir].[c-]1ccccc1-c1ccccn1. The Kier molecular flexibility index (Phi) is 8.62. The van der Waals surface area contributed by atoms with Crippen LogP contribution in [0.25, 0.3) is 33.6 Å². The number of aromatic nitrogens is 2. The van der Waals surface area contributed by atoms with Gasteiger partial charge >= 0.3 is 0 Å². The Balaban J connectivity index is 0.000000193. The molecule has 5 aromatic rings. The van der Waals surface area contributed by atoms with Crippen LogP contribution in [0.3, 0.4) is 0 Å². The van der Waals surface area contributed by atoms with Gasteiger partial charge in [0.2, 0.25) is 0 Å². The molecule has 32 heavy (non-hydrogen) atoms. The maximum atomic E-state index is 4.55. The third kappa shape index (κ3) is 6.07. The van der Waals surface area contributed by atoms with Crippen molar-refractivity contribution in [3.05, 3.63) is 133 Å². The molecule has 3 aromatic carbocycles. The van der Waals surface area contributed by atoms with Crippen LogP contribution >= 0.6 is 0 Å². The zero-order chi connectivity index (χ0) is 21.3. The quantitative estimate of drug-likeness (QED) is 0.210. The van der Waals surface area contributed by atoms with Crippen molar-refractivity contribution < 1.29 is 20.1 Å². The van der Waals surface area contributed by atoms with Crippen LogP contribution in [0.15, 0.2) is 116 Å². The van der Waals surface area contributed by atoms with Crippen molar-refractivity contribution in [2.45, 2.75) is 6.92 Å². The summed E-state index contributed by atoms with van der Waals surface area (Å²) in [6, 6.07) is 40.5. The minimum absolute atomic E-state index is 0. The fourth-order valence-corrected chi connectivity index (χ4v) is 3.21. The molecule has 2 nitrogen and oxygen atoms in total. The van der Waals surface area contributed by atoms with Crippen LogP contribution in [0, 0.1) is 19.1 Å². The molecule has 0 N–H and O–H groups in total. The first-order valence-electron chi connectivity index (χ1n) is 10.2. The summed E-state index contributed by atoms with van der Waals surface area (Å²) >= 11 is 0. The van der Waals surface area contributed by atoms with Gasteiger partial charge in [-0.1, -0.05) is 61.5 Å². The molecular weight excluding hydrogens is 569 g/mol. The maximum Gasteiger partial charge on any atom is 0.0239 e. The summed E-state index contributed by atoms with van der Waals surface area (Å²) in [5.41, 5.74) is 7.58. The maximum absolute atomic E-state index is 4.55. The van der Waals surface area contributed by atoms with Crippen LogP contribution in [-0.4, -0.2) is 9.97 Å². The fraction of sp³-hybridized carbons (Fsp3) is 0.0345. The molecule has 0 unspecified atom stereocenters. The average Bonchev–Trinajstić information content (AvgIpc) is 2.87. The van der Waals surface area contributed by atoms with Gasteiger partial charge in [-0.2, -0.15) is 0 Å². The number of benzene rings is 3. The molecule has 0 saturated carbocycles. The normalized spacial score (nSPS) is 9.78. The third-order valence-electron chi connectivity index (χ3n) is 4.84. The van der Waals surface area contributed by atoms with Gasteiger partial charge in [-0.05, 0) is 28.6 Å². The van der Waals surface area contributed by atoms with Crippen LogP contribution < -0.4 is 0 Å². The van der Waals surface area contributed by atoms with E-state index in [0.717, 1.165) is 28.1 Å². The van der Waals surface area contributed by atoms with E-state index in [1.54, 1.807) is 6.20 Å². The van der Waals surface area contributed by atoms with E-state index in [4.69, 9.17) is 0 Å².